The molecule has 0 radical (unpaired) electrons. The van der Waals surface area contributed by atoms with Gasteiger partial charge in [-0.05, 0) is 42.7 Å². The Bertz CT molecular complexity index is 713. The number of hydrogen-bond acceptors (Lipinski definition) is 1. The van der Waals surface area contributed by atoms with E-state index in [2.05, 4.69) is 49.2 Å². The van der Waals surface area contributed by atoms with Crippen LogP contribution >= 0.6 is 0 Å². The number of aromatic nitrogens is 1. The van der Waals surface area contributed by atoms with Gasteiger partial charge in [0.1, 0.15) is 12.4 Å². The first kappa shape index (κ1) is 12.8. The van der Waals surface area contributed by atoms with E-state index in [-0.39, 0.29) is 0 Å². The van der Waals surface area contributed by atoms with Gasteiger partial charge in [-0.25, -0.2) is 0 Å². The first-order valence-corrected chi connectivity index (χ1v) is 7.05. The highest BCUT2D eigenvalue weighted by molar-refractivity contribution is 5.87. The lowest BCUT2D eigenvalue weighted by Crippen LogP contribution is -1.95. The van der Waals surface area contributed by atoms with Gasteiger partial charge >= 0.3 is 0 Å². The molecule has 0 saturated heterocycles. The molecular formula is C18H19NO. The minimum Gasteiger partial charge on any atom is -0.488 e. The zero-order valence-corrected chi connectivity index (χ0v) is 11.9. The van der Waals surface area contributed by atoms with Crippen LogP contribution in [0.2, 0.25) is 0 Å². The highest BCUT2D eigenvalue weighted by Crippen LogP contribution is 2.29. The number of nitrogens with one attached hydrogen (secondary N) is 1. The predicted octanol–water partition coefficient (Wildman–Crippen LogP) is 4.62. The van der Waals surface area contributed by atoms with Crippen LogP contribution in [0.3, 0.4) is 0 Å². The summed E-state index contributed by atoms with van der Waals surface area (Å²) in [6, 6.07) is 16.7. The lowest BCUT2D eigenvalue weighted by molar-refractivity contribution is 0.310. The molecule has 0 aliphatic heterocycles. The smallest absolute Gasteiger partial charge is 0.129 e. The van der Waals surface area contributed by atoms with Gasteiger partial charge < -0.3 is 9.72 Å². The predicted molar refractivity (Wildman–Crippen MR) is 83.2 cm³/mol. The van der Waals surface area contributed by atoms with Crippen LogP contribution in [-0.2, 0) is 13.0 Å². The number of rotatable bonds is 4. The molecule has 0 unspecified atom stereocenters. The number of benzene rings is 2. The van der Waals surface area contributed by atoms with Crippen LogP contribution in [0.25, 0.3) is 10.9 Å². The number of hydrogen-bond donors (Lipinski definition) is 1. The molecule has 1 aromatic heterocycles. The molecule has 0 atom stereocenters. The van der Waals surface area contributed by atoms with E-state index in [0.717, 1.165) is 17.7 Å². The third-order valence-electron chi connectivity index (χ3n) is 3.52. The van der Waals surface area contributed by atoms with E-state index in [1.807, 2.05) is 18.2 Å². The third kappa shape index (κ3) is 2.55. The van der Waals surface area contributed by atoms with Crippen molar-refractivity contribution >= 4 is 10.9 Å². The number of aromatic amines is 1. The number of H-pyrrole nitrogens is 1. The van der Waals surface area contributed by atoms with Gasteiger partial charge in [-0.2, -0.15) is 0 Å². The molecule has 0 aliphatic carbocycles. The molecule has 2 nitrogen and oxygen atoms in total. The minimum atomic E-state index is 0.603. The summed E-state index contributed by atoms with van der Waals surface area (Å²) < 4.78 is 6.02. The van der Waals surface area contributed by atoms with Gasteiger partial charge in [0.2, 0.25) is 0 Å². The maximum absolute atomic E-state index is 6.02. The largest absolute Gasteiger partial charge is 0.488 e. The topological polar surface area (TPSA) is 25.0 Å². The van der Waals surface area contributed by atoms with Gasteiger partial charge in [0, 0.05) is 16.6 Å². The summed E-state index contributed by atoms with van der Waals surface area (Å²) in [5.41, 5.74) is 4.80. The summed E-state index contributed by atoms with van der Waals surface area (Å²) in [6.45, 7) is 4.86. The molecule has 0 amide bonds. The van der Waals surface area contributed by atoms with Gasteiger partial charge in [0.05, 0.1) is 0 Å². The standard InChI is InChI=1S/C18H19NO/c1-3-15-11-16-17(19-15)9-13(2)10-18(16)20-12-14-7-5-4-6-8-14/h4-11,19H,3,12H2,1-2H3. The van der Waals surface area contributed by atoms with Crippen molar-refractivity contribution in [2.45, 2.75) is 26.9 Å². The van der Waals surface area contributed by atoms with Crippen molar-refractivity contribution in [3.63, 3.8) is 0 Å². The maximum atomic E-state index is 6.02. The molecule has 20 heavy (non-hydrogen) atoms. The molecule has 1 N–H and O–H groups in total. The molecule has 2 aromatic carbocycles. The van der Waals surface area contributed by atoms with Crippen molar-refractivity contribution in [3.8, 4) is 5.75 Å². The fraction of sp³-hybridized carbons (Fsp3) is 0.222. The lowest BCUT2D eigenvalue weighted by atomic mass is 10.1. The second kappa shape index (κ2) is 5.41. The summed E-state index contributed by atoms with van der Waals surface area (Å²) in [7, 11) is 0. The lowest BCUT2D eigenvalue weighted by Gasteiger charge is -2.08. The summed E-state index contributed by atoms with van der Waals surface area (Å²) in [6.07, 6.45) is 1.01. The molecular weight excluding hydrogens is 246 g/mol. The van der Waals surface area contributed by atoms with Crippen LogP contribution in [0.5, 0.6) is 5.75 Å². The molecule has 3 aromatic rings. The zero-order valence-electron chi connectivity index (χ0n) is 11.9. The Morgan fingerprint density at radius 3 is 2.60 bits per heavy atom. The molecule has 0 spiro atoms. The zero-order chi connectivity index (χ0) is 13.9. The average Bonchev–Trinajstić information content (AvgIpc) is 2.88. The first-order chi connectivity index (χ1) is 9.76. The Hall–Kier alpha value is -2.22. The van der Waals surface area contributed by atoms with Gasteiger partial charge in [-0.3, -0.25) is 0 Å². The summed E-state index contributed by atoms with van der Waals surface area (Å²) >= 11 is 0. The quantitative estimate of drug-likeness (QED) is 0.731. The van der Waals surface area contributed by atoms with Crippen molar-refractivity contribution < 1.29 is 4.74 Å². The SMILES string of the molecule is CCc1cc2c(OCc3ccccc3)cc(C)cc2[nH]1. The van der Waals surface area contributed by atoms with E-state index in [4.69, 9.17) is 4.74 Å². The van der Waals surface area contributed by atoms with E-state index in [1.54, 1.807) is 0 Å². The summed E-state index contributed by atoms with van der Waals surface area (Å²) in [5, 5.41) is 1.17. The molecule has 102 valence electrons. The first-order valence-electron chi connectivity index (χ1n) is 7.05. The van der Waals surface area contributed by atoms with Crippen molar-refractivity contribution in [1.29, 1.82) is 0 Å². The van der Waals surface area contributed by atoms with E-state index < -0.39 is 0 Å². The summed E-state index contributed by atoms with van der Waals surface area (Å²) in [4.78, 5) is 3.44. The van der Waals surface area contributed by atoms with Crippen LogP contribution in [0.1, 0.15) is 23.7 Å². The van der Waals surface area contributed by atoms with Crippen LogP contribution in [0, 0.1) is 6.92 Å². The van der Waals surface area contributed by atoms with E-state index in [9.17, 15) is 0 Å². The second-order valence-electron chi connectivity index (χ2n) is 5.15. The number of ether oxygens (including phenoxy) is 1. The van der Waals surface area contributed by atoms with Gasteiger partial charge in [-0.15, -0.1) is 0 Å². The summed E-state index contributed by atoms with van der Waals surface area (Å²) in [5.74, 6) is 0.958. The van der Waals surface area contributed by atoms with Crippen LogP contribution < -0.4 is 4.74 Å². The Labute approximate surface area is 119 Å². The Kier molecular flexibility index (Phi) is 3.46. The Balaban J connectivity index is 1.92. The number of fused-ring (bicyclic) bond motifs is 1. The van der Waals surface area contributed by atoms with Crippen LogP contribution in [0.15, 0.2) is 48.5 Å². The highest BCUT2D eigenvalue weighted by atomic mass is 16.5. The minimum absolute atomic E-state index is 0.603. The fourth-order valence-corrected chi connectivity index (χ4v) is 2.45. The van der Waals surface area contributed by atoms with Crippen molar-refractivity contribution in [2.24, 2.45) is 0 Å². The Morgan fingerprint density at radius 2 is 1.85 bits per heavy atom. The maximum Gasteiger partial charge on any atom is 0.129 e. The molecule has 0 fully saturated rings. The monoisotopic (exact) mass is 265 g/mol. The van der Waals surface area contributed by atoms with Crippen molar-refractivity contribution in [3.05, 3.63) is 65.4 Å². The van der Waals surface area contributed by atoms with Crippen molar-refractivity contribution in [2.75, 3.05) is 0 Å². The highest BCUT2D eigenvalue weighted by Gasteiger charge is 2.07. The number of aryl methyl sites for hydroxylation is 2. The van der Waals surface area contributed by atoms with Crippen LogP contribution in [-0.4, -0.2) is 4.98 Å². The van der Waals surface area contributed by atoms with Crippen molar-refractivity contribution in [1.82, 2.24) is 4.98 Å². The van der Waals surface area contributed by atoms with E-state index >= 15 is 0 Å². The van der Waals surface area contributed by atoms with Crippen LogP contribution in [0.4, 0.5) is 0 Å². The van der Waals surface area contributed by atoms with Gasteiger partial charge in [0.25, 0.3) is 0 Å². The van der Waals surface area contributed by atoms with E-state index in [1.165, 1.54) is 22.2 Å². The fourth-order valence-electron chi connectivity index (χ4n) is 2.45. The molecule has 0 saturated carbocycles. The molecule has 2 heteroatoms. The van der Waals surface area contributed by atoms with Gasteiger partial charge in [-0.1, -0.05) is 37.3 Å². The molecule has 0 aliphatic rings. The Morgan fingerprint density at radius 1 is 1.05 bits per heavy atom. The molecule has 0 bridgehead atoms. The normalized spacial score (nSPS) is 10.9. The average molecular weight is 265 g/mol. The van der Waals surface area contributed by atoms with Gasteiger partial charge in [0.15, 0.2) is 0 Å². The molecule has 1 heterocycles. The second-order valence-corrected chi connectivity index (χ2v) is 5.15. The van der Waals surface area contributed by atoms with E-state index in [0.29, 0.717) is 6.61 Å². The molecule has 3 rings (SSSR count). The third-order valence-corrected chi connectivity index (χ3v) is 3.52.